The zero-order chi connectivity index (χ0) is 16.4. The largest absolute Gasteiger partial charge is 0.492 e. The van der Waals surface area contributed by atoms with Crippen LogP contribution in [-0.4, -0.2) is 44.9 Å². The van der Waals surface area contributed by atoms with Crippen LogP contribution in [0.25, 0.3) is 0 Å². The number of ether oxygens (including phenoxy) is 2. The zero-order valence-electron chi connectivity index (χ0n) is 14.2. The molecule has 132 valence electrons. The third-order valence-electron chi connectivity index (χ3n) is 2.99. The fourth-order valence-corrected chi connectivity index (χ4v) is 1.67. The van der Waals surface area contributed by atoms with Gasteiger partial charge in [0.25, 0.3) is 0 Å². The van der Waals surface area contributed by atoms with E-state index in [4.69, 9.17) is 21.1 Å². The van der Waals surface area contributed by atoms with Gasteiger partial charge in [0.1, 0.15) is 12.4 Å². The molecule has 0 aliphatic heterocycles. The third kappa shape index (κ3) is 9.88. The second kappa shape index (κ2) is 11.8. The number of nitrogens with one attached hydrogen (secondary N) is 2. The van der Waals surface area contributed by atoms with E-state index in [-0.39, 0.29) is 29.6 Å². The van der Waals surface area contributed by atoms with E-state index in [1.54, 1.807) is 7.11 Å². The van der Waals surface area contributed by atoms with Crippen LogP contribution < -0.4 is 15.4 Å². The zero-order valence-corrected chi connectivity index (χ0v) is 17.3. The van der Waals surface area contributed by atoms with Crippen molar-refractivity contribution in [3.8, 4) is 5.75 Å². The van der Waals surface area contributed by atoms with Crippen LogP contribution in [0.2, 0.25) is 5.02 Å². The summed E-state index contributed by atoms with van der Waals surface area (Å²) < 4.78 is 11.0. The number of guanidine groups is 1. The molecule has 0 aliphatic carbocycles. The van der Waals surface area contributed by atoms with Crippen LogP contribution in [-0.2, 0) is 4.74 Å². The molecule has 0 fully saturated rings. The summed E-state index contributed by atoms with van der Waals surface area (Å²) in [6.45, 7) is 8.62. The minimum atomic E-state index is -0.276. The number of aliphatic imine (C=N–C) groups is 1. The second-order valence-corrected chi connectivity index (χ2v) is 5.82. The highest BCUT2D eigenvalue weighted by Crippen LogP contribution is 2.15. The first kappa shape index (κ1) is 22.3. The molecule has 0 radical (unpaired) electrons. The van der Waals surface area contributed by atoms with E-state index >= 15 is 0 Å². The molecule has 1 aromatic rings. The smallest absolute Gasteiger partial charge is 0.191 e. The standard InChI is InChI=1S/C16H26ClN3O2.HI/c1-5-18-15(20-12-16(2,3)21-4)19-10-11-22-14-8-6-13(17)7-9-14;/h6-9H,5,10-12H2,1-4H3,(H2,18,19,20);1H. The van der Waals surface area contributed by atoms with Gasteiger partial charge in [-0.15, -0.1) is 24.0 Å². The Balaban J connectivity index is 0.00000484. The van der Waals surface area contributed by atoms with Crippen molar-refractivity contribution in [1.82, 2.24) is 10.6 Å². The predicted molar refractivity (Wildman–Crippen MR) is 107 cm³/mol. The molecule has 2 N–H and O–H groups in total. The highest BCUT2D eigenvalue weighted by Gasteiger charge is 2.15. The lowest BCUT2D eigenvalue weighted by molar-refractivity contribution is 0.0310. The molecule has 7 heteroatoms. The van der Waals surface area contributed by atoms with Gasteiger partial charge in [-0.1, -0.05) is 11.6 Å². The van der Waals surface area contributed by atoms with Crippen LogP contribution in [0.3, 0.4) is 0 Å². The Kier molecular flexibility index (Phi) is 11.4. The lowest BCUT2D eigenvalue weighted by atomic mass is 10.1. The van der Waals surface area contributed by atoms with Gasteiger partial charge in [-0.3, -0.25) is 4.99 Å². The molecular formula is C16H27ClIN3O2. The Bertz CT molecular complexity index is 467. The first-order valence-corrected chi connectivity index (χ1v) is 7.80. The van der Waals surface area contributed by atoms with Crippen LogP contribution in [0.5, 0.6) is 5.75 Å². The van der Waals surface area contributed by atoms with Gasteiger partial charge in [0.2, 0.25) is 0 Å². The van der Waals surface area contributed by atoms with Gasteiger partial charge in [-0.25, -0.2) is 0 Å². The van der Waals surface area contributed by atoms with Gasteiger partial charge in [-0.2, -0.15) is 0 Å². The van der Waals surface area contributed by atoms with E-state index in [1.807, 2.05) is 45.0 Å². The molecule has 0 atom stereocenters. The molecular weight excluding hydrogens is 429 g/mol. The molecule has 0 heterocycles. The Labute approximate surface area is 161 Å². The van der Waals surface area contributed by atoms with Crippen molar-refractivity contribution in [3.05, 3.63) is 29.3 Å². The Morgan fingerprint density at radius 1 is 1.22 bits per heavy atom. The normalized spacial score (nSPS) is 11.6. The molecule has 0 amide bonds. The van der Waals surface area contributed by atoms with Gasteiger partial charge < -0.3 is 20.1 Å². The minimum absolute atomic E-state index is 0. The number of benzene rings is 1. The molecule has 5 nitrogen and oxygen atoms in total. The van der Waals surface area contributed by atoms with E-state index in [0.29, 0.717) is 24.7 Å². The average Bonchev–Trinajstić information content (AvgIpc) is 2.51. The first-order valence-electron chi connectivity index (χ1n) is 7.42. The van der Waals surface area contributed by atoms with Crippen LogP contribution in [0.15, 0.2) is 29.3 Å². The molecule has 0 aliphatic rings. The monoisotopic (exact) mass is 455 g/mol. The van der Waals surface area contributed by atoms with E-state index in [2.05, 4.69) is 15.6 Å². The van der Waals surface area contributed by atoms with E-state index in [0.717, 1.165) is 18.3 Å². The van der Waals surface area contributed by atoms with Crippen molar-refractivity contribution in [1.29, 1.82) is 0 Å². The van der Waals surface area contributed by atoms with Crippen LogP contribution in [0.4, 0.5) is 0 Å². The fraction of sp³-hybridized carbons (Fsp3) is 0.562. The molecule has 1 aromatic carbocycles. The molecule has 0 unspecified atom stereocenters. The number of rotatable bonds is 8. The number of halogens is 2. The summed E-state index contributed by atoms with van der Waals surface area (Å²) in [5, 5.41) is 7.13. The van der Waals surface area contributed by atoms with Crippen LogP contribution >= 0.6 is 35.6 Å². The highest BCUT2D eigenvalue weighted by molar-refractivity contribution is 14.0. The van der Waals surface area contributed by atoms with Crippen molar-refractivity contribution >= 4 is 41.5 Å². The molecule has 0 saturated carbocycles. The number of hydrogen-bond donors (Lipinski definition) is 2. The number of nitrogens with zero attached hydrogens (tertiary/aromatic N) is 1. The minimum Gasteiger partial charge on any atom is -0.492 e. The van der Waals surface area contributed by atoms with E-state index in [9.17, 15) is 0 Å². The maximum Gasteiger partial charge on any atom is 0.191 e. The lowest BCUT2D eigenvalue weighted by Gasteiger charge is -2.21. The Morgan fingerprint density at radius 2 is 1.87 bits per heavy atom. The Morgan fingerprint density at radius 3 is 2.43 bits per heavy atom. The molecule has 0 saturated heterocycles. The summed E-state index contributed by atoms with van der Waals surface area (Å²) in [4.78, 5) is 4.51. The van der Waals surface area contributed by atoms with Crippen molar-refractivity contribution in [3.63, 3.8) is 0 Å². The predicted octanol–water partition coefficient (Wildman–Crippen LogP) is 3.32. The van der Waals surface area contributed by atoms with Crippen molar-refractivity contribution in [2.75, 3.05) is 33.4 Å². The van der Waals surface area contributed by atoms with Crippen LogP contribution in [0, 0.1) is 0 Å². The van der Waals surface area contributed by atoms with Crippen LogP contribution in [0.1, 0.15) is 20.8 Å². The lowest BCUT2D eigenvalue weighted by Crippen LogP contribution is -2.40. The van der Waals surface area contributed by atoms with Crippen molar-refractivity contribution in [2.24, 2.45) is 4.99 Å². The molecule has 23 heavy (non-hydrogen) atoms. The molecule has 0 bridgehead atoms. The average molecular weight is 456 g/mol. The molecule has 1 rings (SSSR count). The SMILES string of the molecule is CCNC(=NCC(C)(C)OC)NCCOc1ccc(Cl)cc1.I. The topological polar surface area (TPSA) is 54.9 Å². The van der Waals surface area contributed by atoms with Gasteiger partial charge in [0.05, 0.1) is 18.7 Å². The maximum absolute atomic E-state index is 5.83. The number of methoxy groups -OCH3 is 1. The summed E-state index contributed by atoms with van der Waals surface area (Å²) in [5.41, 5.74) is -0.276. The highest BCUT2D eigenvalue weighted by atomic mass is 127. The van der Waals surface area contributed by atoms with Gasteiger partial charge in [0, 0.05) is 18.7 Å². The fourth-order valence-electron chi connectivity index (χ4n) is 1.54. The second-order valence-electron chi connectivity index (χ2n) is 5.39. The molecule has 0 aromatic heterocycles. The summed E-state index contributed by atoms with van der Waals surface area (Å²) >= 11 is 5.83. The first-order chi connectivity index (χ1) is 10.5. The maximum atomic E-state index is 5.83. The Hall–Kier alpha value is -0.730. The van der Waals surface area contributed by atoms with Gasteiger partial charge >= 0.3 is 0 Å². The van der Waals surface area contributed by atoms with Crippen molar-refractivity contribution in [2.45, 2.75) is 26.4 Å². The summed E-state index contributed by atoms with van der Waals surface area (Å²) in [7, 11) is 1.69. The number of hydrogen-bond acceptors (Lipinski definition) is 3. The van der Waals surface area contributed by atoms with Gasteiger partial charge in [-0.05, 0) is 45.0 Å². The van der Waals surface area contributed by atoms with Gasteiger partial charge in [0.15, 0.2) is 5.96 Å². The third-order valence-corrected chi connectivity index (χ3v) is 3.24. The van der Waals surface area contributed by atoms with Crippen molar-refractivity contribution < 1.29 is 9.47 Å². The summed E-state index contributed by atoms with van der Waals surface area (Å²) in [6.07, 6.45) is 0. The summed E-state index contributed by atoms with van der Waals surface area (Å²) in [6, 6.07) is 7.32. The quantitative estimate of drug-likeness (QED) is 0.273. The van der Waals surface area contributed by atoms with E-state index in [1.165, 1.54) is 0 Å². The summed E-state index contributed by atoms with van der Waals surface area (Å²) in [5.74, 6) is 1.56. The molecule has 0 spiro atoms. The van der Waals surface area contributed by atoms with E-state index < -0.39 is 0 Å².